The molecule has 0 radical (unpaired) electrons. The van der Waals surface area contributed by atoms with E-state index in [0.29, 0.717) is 38.7 Å². The van der Waals surface area contributed by atoms with Crippen LogP contribution in [0.5, 0.6) is 11.5 Å². The van der Waals surface area contributed by atoms with Crippen LogP contribution >= 0.6 is 0 Å². The summed E-state index contributed by atoms with van der Waals surface area (Å²) in [7, 11) is 0. The van der Waals surface area contributed by atoms with Crippen molar-refractivity contribution < 1.29 is 9.84 Å². The van der Waals surface area contributed by atoms with Gasteiger partial charge in [-0.1, -0.05) is 25.1 Å². The number of benzene rings is 2. The van der Waals surface area contributed by atoms with Crippen LogP contribution in [-0.2, 0) is 13.1 Å². The van der Waals surface area contributed by atoms with Crippen molar-refractivity contribution in [3.8, 4) is 11.5 Å². The monoisotopic (exact) mass is 420 g/mol. The largest absolute Gasteiger partial charge is 0.457 e. The molecule has 0 saturated heterocycles. The molecule has 1 aliphatic rings. The molecule has 1 aliphatic heterocycles. The number of aliphatic hydroxyl groups is 1. The first-order valence-electron chi connectivity index (χ1n) is 10.6. The summed E-state index contributed by atoms with van der Waals surface area (Å²) in [6, 6.07) is 17.5. The number of aryl methyl sites for hydroxylation is 1. The number of ether oxygens (including phenoxy) is 1. The minimum Gasteiger partial charge on any atom is -0.457 e. The van der Waals surface area contributed by atoms with E-state index in [1.54, 1.807) is 4.57 Å². The third kappa shape index (κ3) is 4.47. The van der Waals surface area contributed by atoms with Gasteiger partial charge < -0.3 is 9.84 Å². The minimum absolute atomic E-state index is 0.00716. The second-order valence-corrected chi connectivity index (χ2v) is 7.65. The molecule has 2 aromatic carbocycles. The fourth-order valence-corrected chi connectivity index (χ4v) is 3.89. The van der Waals surface area contributed by atoms with Gasteiger partial charge in [-0.15, -0.1) is 0 Å². The fourth-order valence-electron chi connectivity index (χ4n) is 3.89. The van der Waals surface area contributed by atoms with E-state index in [0.717, 1.165) is 28.4 Å². The van der Waals surface area contributed by atoms with Crippen molar-refractivity contribution in [1.82, 2.24) is 14.5 Å². The summed E-state index contributed by atoms with van der Waals surface area (Å²) in [5.41, 5.74) is 2.46. The Bertz CT molecular complexity index is 1080. The predicted molar refractivity (Wildman–Crippen MR) is 121 cm³/mol. The van der Waals surface area contributed by atoms with Gasteiger partial charge in [-0.2, -0.15) is 0 Å². The van der Waals surface area contributed by atoms with Crippen LogP contribution in [0, 0.1) is 6.92 Å². The summed E-state index contributed by atoms with van der Waals surface area (Å²) < 4.78 is 7.64. The number of anilines is 2. The number of aliphatic hydroxyl groups excluding tert-OH is 1. The van der Waals surface area contributed by atoms with Crippen LogP contribution in [0.4, 0.5) is 11.6 Å². The maximum absolute atomic E-state index is 13.1. The summed E-state index contributed by atoms with van der Waals surface area (Å²) in [5.74, 6) is 2.17. The third-order valence-corrected chi connectivity index (χ3v) is 5.49. The van der Waals surface area contributed by atoms with Crippen molar-refractivity contribution >= 4 is 11.6 Å². The Morgan fingerprint density at radius 1 is 1.03 bits per heavy atom. The number of rotatable bonds is 7. The Kier molecular flexibility index (Phi) is 6.34. The van der Waals surface area contributed by atoms with Gasteiger partial charge in [-0.05, 0) is 56.2 Å². The molecule has 0 amide bonds. The fraction of sp³-hybridized carbons (Fsp3) is 0.333. The average Bonchev–Trinajstić information content (AvgIpc) is 2.79. The lowest BCUT2D eigenvalue weighted by molar-refractivity contribution is 0.175. The Labute approximate surface area is 182 Å². The molecule has 0 fully saturated rings. The summed E-state index contributed by atoms with van der Waals surface area (Å²) >= 11 is 0. The van der Waals surface area contributed by atoms with E-state index in [2.05, 4.69) is 4.90 Å². The van der Waals surface area contributed by atoms with E-state index >= 15 is 0 Å². The molecule has 0 saturated carbocycles. The van der Waals surface area contributed by atoms with E-state index in [9.17, 15) is 9.90 Å². The normalized spacial score (nSPS) is 13.8. The van der Waals surface area contributed by atoms with Gasteiger partial charge >= 0.3 is 0 Å². The van der Waals surface area contributed by atoms with E-state index in [1.165, 1.54) is 0 Å². The highest BCUT2D eigenvalue weighted by molar-refractivity contribution is 5.59. The summed E-state index contributed by atoms with van der Waals surface area (Å²) in [4.78, 5) is 22.1. The van der Waals surface area contributed by atoms with Gasteiger partial charge in [0.05, 0.1) is 13.3 Å². The molecule has 3 aromatic rings. The van der Waals surface area contributed by atoms with Crippen molar-refractivity contribution in [2.45, 2.75) is 33.4 Å². The van der Waals surface area contributed by atoms with Gasteiger partial charge in [0.15, 0.2) is 0 Å². The Morgan fingerprint density at radius 2 is 1.74 bits per heavy atom. The SMILES string of the molecule is CCc1c(C)nc2n(c1=O)CN(CCCO)CN2c1ccc(Oc2ccccc2)cc1. The van der Waals surface area contributed by atoms with Crippen LogP contribution in [0.25, 0.3) is 0 Å². The van der Waals surface area contributed by atoms with Crippen LogP contribution < -0.4 is 15.2 Å². The van der Waals surface area contributed by atoms with Gasteiger partial charge in [-0.25, -0.2) is 4.98 Å². The van der Waals surface area contributed by atoms with Crippen molar-refractivity contribution in [2.75, 3.05) is 24.7 Å². The molecule has 0 bridgehead atoms. The number of nitrogens with zero attached hydrogens (tertiary/aromatic N) is 4. The number of hydrogen-bond donors (Lipinski definition) is 1. The van der Waals surface area contributed by atoms with Crippen LogP contribution in [0.3, 0.4) is 0 Å². The molecule has 1 aromatic heterocycles. The summed E-state index contributed by atoms with van der Waals surface area (Å²) in [6.45, 7) is 5.76. The molecule has 0 aliphatic carbocycles. The van der Waals surface area contributed by atoms with E-state index in [4.69, 9.17) is 9.72 Å². The van der Waals surface area contributed by atoms with Gasteiger partial charge in [0.2, 0.25) is 5.95 Å². The Morgan fingerprint density at radius 3 is 2.42 bits per heavy atom. The standard InChI is InChI=1S/C24H28N4O3/c1-3-22-18(2)25-24-27(16-26(14-7-15-29)17-28(24)23(22)30)19-10-12-21(13-11-19)31-20-8-5-4-6-9-20/h4-6,8-13,29H,3,7,14-17H2,1-2H3. The minimum atomic E-state index is 0.00716. The van der Waals surface area contributed by atoms with Crippen LogP contribution in [0.1, 0.15) is 24.6 Å². The predicted octanol–water partition coefficient (Wildman–Crippen LogP) is 3.66. The van der Waals surface area contributed by atoms with Crippen molar-refractivity contribution in [3.63, 3.8) is 0 Å². The molecule has 0 spiro atoms. The van der Waals surface area contributed by atoms with Crippen molar-refractivity contribution in [3.05, 3.63) is 76.2 Å². The number of hydrogen-bond acceptors (Lipinski definition) is 6. The molecule has 7 heteroatoms. The molecule has 0 unspecified atom stereocenters. The van der Waals surface area contributed by atoms with E-state index in [-0.39, 0.29) is 12.2 Å². The van der Waals surface area contributed by atoms with E-state index < -0.39 is 0 Å². The molecule has 1 N–H and O–H groups in total. The zero-order chi connectivity index (χ0) is 21.8. The van der Waals surface area contributed by atoms with E-state index in [1.807, 2.05) is 73.3 Å². The highest BCUT2D eigenvalue weighted by atomic mass is 16.5. The highest BCUT2D eigenvalue weighted by Crippen LogP contribution is 2.30. The van der Waals surface area contributed by atoms with Gasteiger partial charge in [0.1, 0.15) is 11.5 Å². The Balaban J connectivity index is 1.67. The zero-order valence-electron chi connectivity index (χ0n) is 18.0. The van der Waals surface area contributed by atoms with Crippen molar-refractivity contribution in [2.24, 2.45) is 0 Å². The molecule has 7 nitrogen and oxygen atoms in total. The number of para-hydroxylation sites is 1. The van der Waals surface area contributed by atoms with Crippen LogP contribution in [0.15, 0.2) is 59.4 Å². The molecule has 0 atom stereocenters. The Hall–Kier alpha value is -3.16. The average molecular weight is 421 g/mol. The first-order chi connectivity index (χ1) is 15.1. The van der Waals surface area contributed by atoms with Crippen LogP contribution in [-0.4, -0.2) is 39.4 Å². The van der Waals surface area contributed by atoms with Gasteiger partial charge in [0, 0.05) is 30.1 Å². The third-order valence-electron chi connectivity index (χ3n) is 5.49. The topological polar surface area (TPSA) is 70.8 Å². The lowest BCUT2D eigenvalue weighted by Gasteiger charge is -2.38. The number of fused-ring (bicyclic) bond motifs is 1. The number of aromatic nitrogens is 2. The maximum atomic E-state index is 13.1. The maximum Gasteiger partial charge on any atom is 0.259 e. The van der Waals surface area contributed by atoms with Crippen molar-refractivity contribution in [1.29, 1.82) is 0 Å². The summed E-state index contributed by atoms with van der Waals surface area (Å²) in [5, 5.41) is 9.26. The molecular formula is C24H28N4O3. The highest BCUT2D eigenvalue weighted by Gasteiger charge is 2.27. The first kappa shape index (κ1) is 21.1. The smallest absolute Gasteiger partial charge is 0.259 e. The first-order valence-corrected chi connectivity index (χ1v) is 10.6. The van der Waals surface area contributed by atoms with Gasteiger partial charge in [-0.3, -0.25) is 19.2 Å². The molecule has 2 heterocycles. The summed E-state index contributed by atoms with van der Waals surface area (Å²) in [6.07, 6.45) is 1.31. The lowest BCUT2D eigenvalue weighted by atomic mass is 10.2. The second kappa shape index (κ2) is 9.32. The molecule has 4 rings (SSSR count). The quantitative estimate of drug-likeness (QED) is 0.629. The zero-order valence-corrected chi connectivity index (χ0v) is 18.0. The van der Waals surface area contributed by atoms with Crippen LogP contribution in [0.2, 0.25) is 0 Å². The molecule has 31 heavy (non-hydrogen) atoms. The second-order valence-electron chi connectivity index (χ2n) is 7.65. The molecular weight excluding hydrogens is 392 g/mol. The van der Waals surface area contributed by atoms with Gasteiger partial charge in [0.25, 0.3) is 5.56 Å². The molecule has 162 valence electrons. The lowest BCUT2D eigenvalue weighted by Crippen LogP contribution is -2.48.